The molecule has 0 aromatic heterocycles. The third kappa shape index (κ3) is 1.50. The Hall–Kier alpha value is -0.300. The van der Waals surface area contributed by atoms with Gasteiger partial charge in [0.2, 0.25) is 0 Å². The molecule has 0 amide bonds. The highest BCUT2D eigenvalue weighted by atomic mass is 16.3. The molecule has 0 aromatic rings. The van der Waals surface area contributed by atoms with Crippen molar-refractivity contribution in [3.8, 4) is 0 Å². The van der Waals surface area contributed by atoms with Crippen LogP contribution in [0.1, 0.15) is 72.6 Å². The number of hydrogen-bond acceptors (Lipinski definition) is 1. The molecular weight excluding hydrogens is 268 g/mol. The largest absolute Gasteiger partial charge is 0.385 e. The summed E-state index contributed by atoms with van der Waals surface area (Å²) >= 11 is 0. The van der Waals surface area contributed by atoms with Crippen LogP contribution in [0.5, 0.6) is 0 Å². The Morgan fingerprint density at radius 2 is 1.68 bits per heavy atom. The van der Waals surface area contributed by atoms with Crippen molar-refractivity contribution in [3.63, 3.8) is 0 Å². The molecule has 4 fully saturated rings. The fourth-order valence-corrected chi connectivity index (χ4v) is 7.93. The molecule has 1 nitrogen and oxygen atoms in total. The van der Waals surface area contributed by atoms with Gasteiger partial charge in [-0.05, 0) is 79.4 Å². The van der Waals surface area contributed by atoms with Gasteiger partial charge in [-0.2, -0.15) is 0 Å². The normalized spacial score (nSPS) is 63.3. The van der Waals surface area contributed by atoms with E-state index in [1.54, 1.807) is 0 Å². The van der Waals surface area contributed by atoms with Crippen LogP contribution in [0.15, 0.2) is 12.7 Å². The topological polar surface area (TPSA) is 20.2 Å². The minimum atomic E-state index is -0.675. The molecule has 3 unspecified atom stereocenters. The molecule has 124 valence electrons. The zero-order valence-electron chi connectivity index (χ0n) is 15.0. The first-order chi connectivity index (χ1) is 10.2. The minimum Gasteiger partial charge on any atom is -0.385 e. The second-order valence-corrected chi connectivity index (χ2v) is 10.0. The second kappa shape index (κ2) is 4.21. The van der Waals surface area contributed by atoms with Crippen molar-refractivity contribution in [3.05, 3.63) is 12.7 Å². The monoisotopic (exact) mass is 302 g/mol. The molecule has 1 heteroatoms. The lowest BCUT2D eigenvalue weighted by Crippen LogP contribution is -2.64. The highest BCUT2D eigenvalue weighted by molar-refractivity contribution is 5.23. The molecule has 0 aliphatic heterocycles. The van der Waals surface area contributed by atoms with Gasteiger partial charge in [-0.1, -0.05) is 33.8 Å². The lowest BCUT2D eigenvalue weighted by Gasteiger charge is -2.66. The Labute approximate surface area is 136 Å². The summed E-state index contributed by atoms with van der Waals surface area (Å²) in [5.74, 6) is 2.91. The van der Waals surface area contributed by atoms with Gasteiger partial charge >= 0.3 is 0 Å². The summed E-state index contributed by atoms with van der Waals surface area (Å²) in [6.07, 6.45) is 11.2. The summed E-state index contributed by atoms with van der Waals surface area (Å²) in [6, 6.07) is 0. The SMILES string of the molecule is C=C[C@]1(O)[C@@H](C)CCC2[C@@]3(C)CCC4C[C@@]4(C)C3CC[C@]21C. The lowest BCUT2D eigenvalue weighted by molar-refractivity contribution is -0.215. The van der Waals surface area contributed by atoms with E-state index in [4.69, 9.17) is 0 Å². The van der Waals surface area contributed by atoms with E-state index in [0.717, 1.165) is 18.3 Å². The van der Waals surface area contributed by atoms with Crippen molar-refractivity contribution >= 4 is 0 Å². The van der Waals surface area contributed by atoms with E-state index < -0.39 is 5.60 Å². The van der Waals surface area contributed by atoms with Crippen molar-refractivity contribution in [2.75, 3.05) is 0 Å². The molecule has 4 rings (SSSR count). The van der Waals surface area contributed by atoms with E-state index in [1.807, 2.05) is 6.08 Å². The zero-order chi connectivity index (χ0) is 16.0. The third-order valence-electron chi connectivity index (χ3n) is 9.47. The van der Waals surface area contributed by atoms with Crippen molar-refractivity contribution in [2.24, 2.45) is 39.9 Å². The molecule has 8 atom stereocenters. The van der Waals surface area contributed by atoms with Gasteiger partial charge in [-0.15, -0.1) is 6.58 Å². The molecule has 22 heavy (non-hydrogen) atoms. The van der Waals surface area contributed by atoms with E-state index in [-0.39, 0.29) is 5.41 Å². The van der Waals surface area contributed by atoms with Crippen LogP contribution in [0.25, 0.3) is 0 Å². The van der Waals surface area contributed by atoms with Gasteiger partial charge in [0.05, 0.1) is 5.60 Å². The summed E-state index contributed by atoms with van der Waals surface area (Å²) < 4.78 is 0. The average Bonchev–Trinajstić information content (AvgIpc) is 3.15. The smallest absolute Gasteiger partial charge is 0.0906 e. The quantitative estimate of drug-likeness (QED) is 0.661. The van der Waals surface area contributed by atoms with Crippen LogP contribution in [0.3, 0.4) is 0 Å². The lowest BCUT2D eigenvalue weighted by atomic mass is 9.39. The first-order valence-corrected chi connectivity index (χ1v) is 9.58. The highest BCUT2D eigenvalue weighted by Gasteiger charge is 2.70. The van der Waals surface area contributed by atoms with E-state index in [1.165, 1.54) is 38.5 Å². The van der Waals surface area contributed by atoms with E-state index in [2.05, 4.69) is 34.3 Å². The predicted molar refractivity (Wildman–Crippen MR) is 91.4 cm³/mol. The first kappa shape index (κ1) is 15.2. The molecule has 0 spiro atoms. The minimum absolute atomic E-state index is 0.0236. The van der Waals surface area contributed by atoms with Crippen molar-refractivity contribution in [2.45, 2.75) is 78.2 Å². The fraction of sp³-hybridized carbons (Fsp3) is 0.905. The summed E-state index contributed by atoms with van der Waals surface area (Å²) in [5, 5.41) is 11.5. The number of rotatable bonds is 1. The van der Waals surface area contributed by atoms with Crippen LogP contribution in [-0.2, 0) is 0 Å². The Kier molecular flexibility index (Phi) is 2.91. The highest BCUT2D eigenvalue weighted by Crippen LogP contribution is 2.76. The maximum Gasteiger partial charge on any atom is 0.0906 e. The van der Waals surface area contributed by atoms with Gasteiger partial charge in [0.25, 0.3) is 0 Å². The van der Waals surface area contributed by atoms with Crippen molar-refractivity contribution in [1.82, 2.24) is 0 Å². The molecule has 0 radical (unpaired) electrons. The second-order valence-electron chi connectivity index (χ2n) is 10.0. The first-order valence-electron chi connectivity index (χ1n) is 9.58. The summed E-state index contributed by atoms with van der Waals surface area (Å²) in [5.41, 5.74) is 0.413. The van der Waals surface area contributed by atoms with Gasteiger partial charge < -0.3 is 5.11 Å². The molecule has 1 N–H and O–H groups in total. The van der Waals surface area contributed by atoms with E-state index in [9.17, 15) is 5.11 Å². The standard InChI is InChI=1S/C21H34O/c1-6-21(22)14(2)7-8-17-18(3)11-9-15-13-19(15,4)16(18)10-12-20(17,21)5/h6,14-17,22H,1,7-13H2,2-5H3/t14-,15?,16?,17?,18-,19+,20+,21-/m0/s1. The molecule has 0 bridgehead atoms. The Balaban J connectivity index is 1.77. The summed E-state index contributed by atoms with van der Waals surface area (Å²) in [4.78, 5) is 0. The maximum atomic E-state index is 11.5. The van der Waals surface area contributed by atoms with Gasteiger partial charge in [0, 0.05) is 5.41 Å². The average molecular weight is 303 g/mol. The van der Waals surface area contributed by atoms with Crippen LogP contribution in [0.4, 0.5) is 0 Å². The summed E-state index contributed by atoms with van der Waals surface area (Å²) in [7, 11) is 0. The van der Waals surface area contributed by atoms with Gasteiger partial charge in [0.1, 0.15) is 0 Å². The van der Waals surface area contributed by atoms with Gasteiger partial charge in [-0.25, -0.2) is 0 Å². The van der Waals surface area contributed by atoms with Crippen LogP contribution in [0, 0.1) is 39.9 Å². The molecule has 4 aliphatic carbocycles. The van der Waals surface area contributed by atoms with Crippen molar-refractivity contribution < 1.29 is 5.11 Å². The Morgan fingerprint density at radius 1 is 0.955 bits per heavy atom. The molecule has 4 aliphatic rings. The predicted octanol–water partition coefficient (Wildman–Crippen LogP) is 5.19. The Bertz CT molecular complexity index is 512. The Morgan fingerprint density at radius 3 is 2.36 bits per heavy atom. The van der Waals surface area contributed by atoms with Crippen LogP contribution in [0.2, 0.25) is 0 Å². The molecule has 4 saturated carbocycles. The zero-order valence-corrected chi connectivity index (χ0v) is 15.0. The van der Waals surface area contributed by atoms with Gasteiger partial charge in [-0.3, -0.25) is 0 Å². The van der Waals surface area contributed by atoms with Crippen LogP contribution in [-0.4, -0.2) is 10.7 Å². The van der Waals surface area contributed by atoms with E-state index in [0.29, 0.717) is 22.7 Å². The molecule has 0 heterocycles. The van der Waals surface area contributed by atoms with Crippen LogP contribution >= 0.6 is 0 Å². The summed E-state index contributed by atoms with van der Waals surface area (Å²) in [6.45, 7) is 13.8. The number of hydrogen-bond donors (Lipinski definition) is 1. The number of aliphatic hydroxyl groups is 1. The molecule has 0 aromatic carbocycles. The van der Waals surface area contributed by atoms with Gasteiger partial charge in [0.15, 0.2) is 0 Å². The maximum absolute atomic E-state index is 11.5. The molecular formula is C21H34O. The number of fused-ring (bicyclic) bond motifs is 5. The van der Waals surface area contributed by atoms with E-state index >= 15 is 0 Å². The third-order valence-corrected chi connectivity index (χ3v) is 9.47. The van der Waals surface area contributed by atoms with Crippen molar-refractivity contribution in [1.29, 1.82) is 0 Å². The fourth-order valence-electron chi connectivity index (χ4n) is 7.93. The van der Waals surface area contributed by atoms with Crippen LogP contribution < -0.4 is 0 Å². The molecule has 0 saturated heterocycles.